The molecule has 0 bridgehead atoms. The normalized spacial score (nSPS) is 53.9. The quantitative estimate of drug-likeness (QED) is 0.475. The van der Waals surface area contributed by atoms with Crippen molar-refractivity contribution in [1.29, 1.82) is 0 Å². The van der Waals surface area contributed by atoms with E-state index < -0.39 is 0 Å². The van der Waals surface area contributed by atoms with Gasteiger partial charge in [-0.3, -0.25) is 0 Å². The molecule has 0 aromatic rings. The molecule has 0 aromatic heterocycles. The van der Waals surface area contributed by atoms with Crippen molar-refractivity contribution < 1.29 is 0 Å². The first kappa shape index (κ1) is 5.17. The molecule has 2 aliphatic rings. The molecule has 9 heavy (non-hydrogen) atoms. The van der Waals surface area contributed by atoms with Gasteiger partial charge < -0.3 is 0 Å². The minimum absolute atomic E-state index is 0.0556. The van der Waals surface area contributed by atoms with Crippen LogP contribution >= 0.6 is 0 Å². The second-order valence-electron chi connectivity index (χ2n) is 3.01. The van der Waals surface area contributed by atoms with Crippen LogP contribution in [0.5, 0.6) is 0 Å². The molecular weight excluding hydrogens is 116 g/mol. The van der Waals surface area contributed by atoms with Crippen LogP contribution in [0.4, 0.5) is 0 Å². The number of nitrogens with two attached hydrogens (primary N) is 1. The molecule has 0 radical (unpaired) electrons. The van der Waals surface area contributed by atoms with Gasteiger partial charge in [0.1, 0.15) is 11.6 Å². The third-order valence-electron chi connectivity index (χ3n) is 2.65. The first-order valence-electron chi connectivity index (χ1n) is 3.13. The predicted octanol–water partition coefficient (Wildman–Crippen LogP) is 0.320. The minimum Gasteiger partial charge on any atom is -0.229 e. The number of hydrogen-bond acceptors (Lipinski definition) is 4. The van der Waals surface area contributed by atoms with Gasteiger partial charge in [-0.2, -0.15) is 5.11 Å². The van der Waals surface area contributed by atoms with Gasteiger partial charge >= 0.3 is 0 Å². The lowest BCUT2D eigenvalue weighted by molar-refractivity contribution is 0.198. The standard InChI is InChI=1S/C5H10N4/c1-3-4-5(3,2)9(6)8-7-4/h3-4H,6H2,1-2H3. The summed E-state index contributed by atoms with van der Waals surface area (Å²) in [5.41, 5.74) is 0.0556. The molecular formula is C5H10N4. The zero-order valence-corrected chi connectivity index (χ0v) is 5.57. The summed E-state index contributed by atoms with van der Waals surface area (Å²) in [6.45, 7) is 4.23. The molecule has 1 aliphatic carbocycles. The average molecular weight is 126 g/mol. The lowest BCUT2D eigenvalue weighted by Crippen LogP contribution is -2.36. The van der Waals surface area contributed by atoms with Crippen LogP contribution < -0.4 is 5.84 Å². The Labute approximate surface area is 53.7 Å². The first-order chi connectivity index (χ1) is 4.17. The maximum Gasteiger partial charge on any atom is 0.104 e. The lowest BCUT2D eigenvalue weighted by atomic mass is 10.3. The third kappa shape index (κ3) is 0.356. The molecule has 2 N–H and O–H groups in total. The van der Waals surface area contributed by atoms with Crippen molar-refractivity contribution in [2.24, 2.45) is 22.1 Å². The van der Waals surface area contributed by atoms with Crippen molar-refractivity contribution >= 4 is 0 Å². The molecule has 0 saturated heterocycles. The molecule has 0 aromatic carbocycles. The Morgan fingerprint density at radius 2 is 2.33 bits per heavy atom. The van der Waals surface area contributed by atoms with E-state index >= 15 is 0 Å². The molecule has 50 valence electrons. The molecule has 1 fully saturated rings. The summed E-state index contributed by atoms with van der Waals surface area (Å²) in [5.74, 6) is 6.10. The van der Waals surface area contributed by atoms with Crippen molar-refractivity contribution in [1.82, 2.24) is 5.12 Å². The molecule has 0 spiro atoms. The Bertz CT molecular complexity index is 174. The van der Waals surface area contributed by atoms with Crippen LogP contribution in [-0.4, -0.2) is 16.7 Å². The SMILES string of the molecule is CC1C2N=NN(N)C12C. The van der Waals surface area contributed by atoms with E-state index in [9.17, 15) is 0 Å². The highest BCUT2D eigenvalue weighted by Crippen LogP contribution is 2.52. The summed E-state index contributed by atoms with van der Waals surface area (Å²) in [5, 5.41) is 9.17. The second-order valence-corrected chi connectivity index (χ2v) is 3.01. The van der Waals surface area contributed by atoms with Gasteiger partial charge in [-0.25, -0.2) is 11.0 Å². The smallest absolute Gasteiger partial charge is 0.104 e. The molecule has 2 rings (SSSR count). The van der Waals surface area contributed by atoms with Crippen LogP contribution in [0.25, 0.3) is 0 Å². The number of nitrogens with zero attached hydrogens (tertiary/aromatic N) is 3. The summed E-state index contributed by atoms with van der Waals surface area (Å²) in [7, 11) is 0. The summed E-state index contributed by atoms with van der Waals surface area (Å²) in [4.78, 5) is 0. The van der Waals surface area contributed by atoms with Gasteiger partial charge in [0.05, 0.1) is 0 Å². The largest absolute Gasteiger partial charge is 0.229 e. The molecule has 3 atom stereocenters. The zero-order valence-electron chi connectivity index (χ0n) is 5.57. The van der Waals surface area contributed by atoms with Crippen molar-refractivity contribution in [2.75, 3.05) is 0 Å². The van der Waals surface area contributed by atoms with E-state index in [0.717, 1.165) is 0 Å². The fourth-order valence-corrected chi connectivity index (χ4v) is 1.45. The van der Waals surface area contributed by atoms with E-state index in [-0.39, 0.29) is 5.54 Å². The van der Waals surface area contributed by atoms with Gasteiger partial charge in [-0.1, -0.05) is 12.1 Å². The molecule has 1 heterocycles. The average Bonchev–Trinajstić information content (AvgIpc) is 2.15. The van der Waals surface area contributed by atoms with Crippen LogP contribution in [-0.2, 0) is 0 Å². The van der Waals surface area contributed by atoms with Gasteiger partial charge in [0, 0.05) is 5.92 Å². The highest BCUT2D eigenvalue weighted by Gasteiger charge is 2.66. The van der Waals surface area contributed by atoms with Crippen molar-refractivity contribution in [3.8, 4) is 0 Å². The maximum absolute atomic E-state index is 5.52. The zero-order chi connectivity index (χ0) is 6.65. The summed E-state index contributed by atoms with van der Waals surface area (Å²) < 4.78 is 0. The Morgan fingerprint density at radius 1 is 1.67 bits per heavy atom. The van der Waals surface area contributed by atoms with Crippen LogP contribution in [0.15, 0.2) is 10.3 Å². The Kier molecular flexibility index (Phi) is 0.639. The van der Waals surface area contributed by atoms with E-state index in [4.69, 9.17) is 5.84 Å². The lowest BCUT2D eigenvalue weighted by Gasteiger charge is -2.14. The minimum atomic E-state index is 0.0556. The maximum atomic E-state index is 5.52. The van der Waals surface area contributed by atoms with E-state index in [2.05, 4.69) is 24.2 Å². The van der Waals surface area contributed by atoms with Gasteiger partial charge in [-0.05, 0) is 6.92 Å². The van der Waals surface area contributed by atoms with Crippen molar-refractivity contribution in [2.45, 2.75) is 25.4 Å². The Morgan fingerprint density at radius 3 is 2.56 bits per heavy atom. The molecule has 4 nitrogen and oxygen atoms in total. The summed E-state index contributed by atoms with van der Waals surface area (Å²) in [6.07, 6.45) is 0. The number of rotatable bonds is 0. The van der Waals surface area contributed by atoms with E-state index in [1.165, 1.54) is 5.12 Å². The number of hydrazine groups is 1. The van der Waals surface area contributed by atoms with E-state index in [1.54, 1.807) is 0 Å². The summed E-state index contributed by atoms with van der Waals surface area (Å²) in [6, 6.07) is 0.363. The van der Waals surface area contributed by atoms with Crippen molar-refractivity contribution in [3.05, 3.63) is 0 Å². The van der Waals surface area contributed by atoms with Crippen LogP contribution in [0, 0.1) is 5.92 Å². The topological polar surface area (TPSA) is 54.0 Å². The van der Waals surface area contributed by atoms with E-state index in [0.29, 0.717) is 12.0 Å². The number of fused-ring (bicyclic) bond motifs is 1. The van der Waals surface area contributed by atoms with Gasteiger partial charge in [-0.15, -0.1) is 0 Å². The molecule has 4 heteroatoms. The highest BCUT2D eigenvalue weighted by molar-refractivity contribution is 5.19. The van der Waals surface area contributed by atoms with Crippen LogP contribution in [0.2, 0.25) is 0 Å². The fraction of sp³-hybridized carbons (Fsp3) is 1.00. The first-order valence-corrected chi connectivity index (χ1v) is 3.13. The molecule has 1 saturated carbocycles. The monoisotopic (exact) mass is 126 g/mol. The van der Waals surface area contributed by atoms with Gasteiger partial charge in [0.15, 0.2) is 0 Å². The highest BCUT2D eigenvalue weighted by atomic mass is 15.8. The Balaban J connectivity index is 2.29. The molecule has 0 amide bonds. The van der Waals surface area contributed by atoms with Gasteiger partial charge in [0.25, 0.3) is 0 Å². The van der Waals surface area contributed by atoms with E-state index in [1.807, 2.05) is 0 Å². The third-order valence-corrected chi connectivity index (χ3v) is 2.65. The van der Waals surface area contributed by atoms with Crippen LogP contribution in [0.3, 0.4) is 0 Å². The second kappa shape index (κ2) is 1.11. The molecule has 1 aliphatic heterocycles. The fourth-order valence-electron chi connectivity index (χ4n) is 1.45. The molecule has 3 unspecified atom stereocenters. The van der Waals surface area contributed by atoms with Crippen molar-refractivity contribution in [3.63, 3.8) is 0 Å². The van der Waals surface area contributed by atoms with Crippen LogP contribution in [0.1, 0.15) is 13.8 Å². The van der Waals surface area contributed by atoms with Gasteiger partial charge in [0.2, 0.25) is 0 Å². The summed E-state index contributed by atoms with van der Waals surface area (Å²) >= 11 is 0. The predicted molar refractivity (Wildman–Crippen MR) is 32.2 cm³/mol. The Hall–Kier alpha value is -0.640. The number of hydrogen-bond donors (Lipinski definition) is 1.